The van der Waals surface area contributed by atoms with Crippen LogP contribution >= 0.6 is 11.6 Å². The Hall–Kier alpha value is -4.77. The lowest BCUT2D eigenvalue weighted by Crippen LogP contribution is -2.21. The molecule has 40 heavy (non-hydrogen) atoms. The van der Waals surface area contributed by atoms with Gasteiger partial charge in [-0.05, 0) is 66.2 Å². The summed E-state index contributed by atoms with van der Waals surface area (Å²) < 4.78 is 55.6. The molecule has 0 bridgehead atoms. The maximum atomic E-state index is 14.2. The van der Waals surface area contributed by atoms with E-state index in [1.54, 1.807) is 30.5 Å². The van der Waals surface area contributed by atoms with Gasteiger partial charge in [-0.1, -0.05) is 17.7 Å². The van der Waals surface area contributed by atoms with Crippen LogP contribution in [0.1, 0.15) is 43.4 Å². The van der Waals surface area contributed by atoms with Crippen molar-refractivity contribution < 1.29 is 27.2 Å². The van der Waals surface area contributed by atoms with Gasteiger partial charge in [0.2, 0.25) is 0 Å². The molecule has 0 unspecified atom stereocenters. The highest BCUT2D eigenvalue weighted by Gasteiger charge is 2.35. The van der Waals surface area contributed by atoms with E-state index in [-0.39, 0.29) is 27.4 Å². The van der Waals surface area contributed by atoms with E-state index in [0.717, 1.165) is 18.2 Å². The first kappa shape index (κ1) is 25.5. The summed E-state index contributed by atoms with van der Waals surface area (Å²) in [4.78, 5) is 30.5. The van der Waals surface area contributed by atoms with E-state index in [4.69, 9.17) is 11.6 Å². The summed E-state index contributed by atoms with van der Waals surface area (Å²) in [6.07, 6.45) is -1.59. The van der Waals surface area contributed by atoms with Gasteiger partial charge in [0.05, 0.1) is 11.6 Å². The highest BCUT2D eigenvalue weighted by molar-refractivity contribution is 6.31. The summed E-state index contributed by atoms with van der Waals surface area (Å²) in [5.41, 5.74) is 1.35. The van der Waals surface area contributed by atoms with Crippen LogP contribution in [0.4, 0.5) is 23.2 Å². The fraction of sp³-hybridized carbons (Fsp3) is 0.0714. The number of hydrogen-bond acceptors (Lipinski definition) is 4. The van der Waals surface area contributed by atoms with Gasteiger partial charge in [0.1, 0.15) is 12.1 Å². The van der Waals surface area contributed by atoms with Crippen LogP contribution in [-0.4, -0.2) is 26.4 Å². The highest BCUT2D eigenvalue weighted by atomic mass is 35.5. The zero-order valence-electron chi connectivity index (χ0n) is 20.1. The zero-order chi connectivity index (χ0) is 28.2. The SMILES string of the molecule is O=C(Nc1cc(-c2ccc3ncnn3c2)cc2c1[C@@H](c1cc(F)ccc1Cl)NC2=O)c1cccc(C(F)(F)F)c1. The predicted molar refractivity (Wildman–Crippen MR) is 139 cm³/mol. The minimum absolute atomic E-state index is 0.136. The quantitative estimate of drug-likeness (QED) is 0.251. The van der Waals surface area contributed by atoms with Crippen molar-refractivity contribution in [1.29, 1.82) is 0 Å². The molecule has 0 saturated carbocycles. The van der Waals surface area contributed by atoms with Crippen LogP contribution in [0.2, 0.25) is 5.02 Å². The van der Waals surface area contributed by atoms with Gasteiger partial charge in [-0.25, -0.2) is 13.9 Å². The Bertz CT molecular complexity index is 1840. The van der Waals surface area contributed by atoms with Crippen molar-refractivity contribution in [3.05, 3.63) is 118 Å². The van der Waals surface area contributed by atoms with Gasteiger partial charge < -0.3 is 10.6 Å². The van der Waals surface area contributed by atoms with E-state index < -0.39 is 35.4 Å². The summed E-state index contributed by atoms with van der Waals surface area (Å²) in [5.74, 6) is -1.92. The molecule has 1 atom stereocenters. The molecule has 0 fully saturated rings. The summed E-state index contributed by atoms with van der Waals surface area (Å²) >= 11 is 6.35. The molecule has 3 aromatic carbocycles. The molecule has 5 aromatic rings. The van der Waals surface area contributed by atoms with E-state index in [9.17, 15) is 27.2 Å². The topological polar surface area (TPSA) is 88.4 Å². The Morgan fingerprint density at radius 2 is 1.85 bits per heavy atom. The molecule has 0 spiro atoms. The number of nitrogens with one attached hydrogen (secondary N) is 2. The molecule has 3 heterocycles. The van der Waals surface area contributed by atoms with Crippen molar-refractivity contribution >= 4 is 34.7 Å². The van der Waals surface area contributed by atoms with E-state index in [0.29, 0.717) is 22.3 Å². The standard InChI is InChI=1S/C28H16ClF4N5O2/c29-21-6-5-18(30)11-19(21)25-24-20(27(40)37-25)9-16(15-4-7-23-34-13-35-38(23)12-15)10-22(24)36-26(39)14-2-1-3-17(8-14)28(31,32)33/h1-13,25H,(H,36,39)(H,37,40)/t25-/m1/s1. The molecule has 200 valence electrons. The second-order valence-electron chi connectivity index (χ2n) is 9.07. The van der Waals surface area contributed by atoms with Gasteiger partial charge in [-0.15, -0.1) is 0 Å². The highest BCUT2D eigenvalue weighted by Crippen LogP contribution is 2.42. The number of carbonyl (C=O) groups is 2. The predicted octanol–water partition coefficient (Wildman–Crippen LogP) is 6.29. The summed E-state index contributed by atoms with van der Waals surface area (Å²) in [5, 5.41) is 9.73. The van der Waals surface area contributed by atoms with Gasteiger partial charge in [0, 0.05) is 44.7 Å². The molecule has 6 rings (SSSR count). The fourth-order valence-electron chi connectivity index (χ4n) is 4.69. The minimum Gasteiger partial charge on any atom is -0.341 e. The molecule has 0 radical (unpaired) electrons. The van der Waals surface area contributed by atoms with Crippen molar-refractivity contribution in [2.45, 2.75) is 12.2 Å². The lowest BCUT2D eigenvalue weighted by Gasteiger charge is -2.19. The zero-order valence-corrected chi connectivity index (χ0v) is 20.9. The van der Waals surface area contributed by atoms with Crippen LogP contribution in [0, 0.1) is 5.82 Å². The van der Waals surface area contributed by atoms with Crippen LogP contribution in [0.25, 0.3) is 16.8 Å². The molecule has 7 nitrogen and oxygen atoms in total. The van der Waals surface area contributed by atoms with E-state index in [1.165, 1.54) is 35.1 Å². The minimum atomic E-state index is -4.65. The number of hydrogen-bond donors (Lipinski definition) is 2. The van der Waals surface area contributed by atoms with Crippen molar-refractivity contribution in [2.24, 2.45) is 0 Å². The Morgan fingerprint density at radius 3 is 2.65 bits per heavy atom. The van der Waals surface area contributed by atoms with Gasteiger partial charge >= 0.3 is 6.18 Å². The Labute approximate surface area is 228 Å². The van der Waals surface area contributed by atoms with Crippen LogP contribution in [0.3, 0.4) is 0 Å². The second-order valence-corrected chi connectivity index (χ2v) is 9.48. The number of rotatable bonds is 4. The normalized spacial score (nSPS) is 14.7. The Morgan fingerprint density at radius 1 is 1.02 bits per heavy atom. The largest absolute Gasteiger partial charge is 0.416 e. The average Bonchev–Trinajstić information content (AvgIpc) is 3.53. The van der Waals surface area contributed by atoms with Crippen molar-refractivity contribution in [2.75, 3.05) is 5.32 Å². The van der Waals surface area contributed by atoms with Gasteiger partial charge in [0.15, 0.2) is 5.65 Å². The molecule has 2 amide bonds. The summed E-state index contributed by atoms with van der Waals surface area (Å²) in [6.45, 7) is 0. The number of pyridine rings is 1. The molecule has 1 aliphatic heterocycles. The molecule has 2 N–H and O–H groups in total. The summed E-state index contributed by atoms with van der Waals surface area (Å²) in [7, 11) is 0. The Balaban J connectivity index is 1.50. The number of carbonyl (C=O) groups excluding carboxylic acids is 2. The van der Waals surface area contributed by atoms with Crippen molar-refractivity contribution in [3.63, 3.8) is 0 Å². The first-order valence-corrected chi connectivity index (χ1v) is 12.2. The van der Waals surface area contributed by atoms with E-state index >= 15 is 0 Å². The van der Waals surface area contributed by atoms with Crippen molar-refractivity contribution in [1.82, 2.24) is 19.9 Å². The lowest BCUT2D eigenvalue weighted by atomic mass is 9.93. The number of alkyl halides is 3. The number of fused-ring (bicyclic) bond motifs is 2. The first-order chi connectivity index (χ1) is 19.1. The molecule has 0 aliphatic carbocycles. The molecule has 0 saturated heterocycles. The molecular formula is C28H16ClF4N5O2. The molecular weight excluding hydrogens is 550 g/mol. The number of anilines is 1. The van der Waals surface area contributed by atoms with E-state index in [2.05, 4.69) is 20.7 Å². The fourth-order valence-corrected chi connectivity index (χ4v) is 4.92. The van der Waals surface area contributed by atoms with Crippen LogP contribution in [0.5, 0.6) is 0 Å². The third kappa shape index (κ3) is 4.54. The maximum Gasteiger partial charge on any atom is 0.416 e. The molecule has 1 aliphatic rings. The third-order valence-electron chi connectivity index (χ3n) is 6.57. The number of benzene rings is 3. The first-order valence-electron chi connectivity index (χ1n) is 11.8. The monoisotopic (exact) mass is 565 g/mol. The van der Waals surface area contributed by atoms with Gasteiger partial charge in [-0.3, -0.25) is 9.59 Å². The smallest absolute Gasteiger partial charge is 0.341 e. The Kier molecular flexibility index (Phi) is 6.03. The van der Waals surface area contributed by atoms with Crippen molar-refractivity contribution in [3.8, 4) is 11.1 Å². The van der Waals surface area contributed by atoms with Gasteiger partial charge in [0.25, 0.3) is 11.8 Å². The number of amides is 2. The lowest BCUT2D eigenvalue weighted by molar-refractivity contribution is -0.137. The summed E-state index contributed by atoms with van der Waals surface area (Å²) in [6, 6.07) is 13.4. The number of aromatic nitrogens is 3. The number of halogens is 5. The third-order valence-corrected chi connectivity index (χ3v) is 6.91. The van der Waals surface area contributed by atoms with Crippen LogP contribution in [-0.2, 0) is 6.18 Å². The molecule has 12 heteroatoms. The molecule has 2 aromatic heterocycles. The maximum absolute atomic E-state index is 14.2. The van der Waals surface area contributed by atoms with E-state index in [1.807, 2.05) is 0 Å². The van der Waals surface area contributed by atoms with Crippen LogP contribution < -0.4 is 10.6 Å². The number of nitrogens with zero attached hydrogens (tertiary/aromatic N) is 3. The van der Waals surface area contributed by atoms with Crippen LogP contribution in [0.15, 0.2) is 79.3 Å². The second kappa shape index (κ2) is 9.45. The van der Waals surface area contributed by atoms with Gasteiger partial charge in [-0.2, -0.15) is 18.3 Å². The average molecular weight is 566 g/mol.